The normalized spacial score (nSPS) is 13.9. The molecule has 4 nitrogen and oxygen atoms in total. The van der Waals surface area contributed by atoms with Crippen molar-refractivity contribution in [2.24, 2.45) is 5.92 Å². The van der Waals surface area contributed by atoms with Gasteiger partial charge in [-0.2, -0.15) is 0 Å². The van der Waals surface area contributed by atoms with Crippen molar-refractivity contribution in [2.75, 3.05) is 6.61 Å². The van der Waals surface area contributed by atoms with Crippen molar-refractivity contribution >= 4 is 0 Å². The van der Waals surface area contributed by atoms with E-state index in [1.165, 1.54) is 0 Å². The molecule has 0 aromatic carbocycles. The zero-order valence-corrected chi connectivity index (χ0v) is 12.2. The second-order valence-corrected chi connectivity index (χ2v) is 5.89. The van der Waals surface area contributed by atoms with E-state index in [9.17, 15) is 4.79 Å². The first kappa shape index (κ1) is 14.9. The van der Waals surface area contributed by atoms with Crippen LogP contribution in [-0.4, -0.2) is 16.6 Å². The molecule has 1 unspecified atom stereocenters. The molecule has 0 aliphatic heterocycles. The van der Waals surface area contributed by atoms with E-state index in [-0.39, 0.29) is 23.0 Å². The Balaban J connectivity index is 3.23. The van der Waals surface area contributed by atoms with Gasteiger partial charge in [0.15, 0.2) is 0 Å². The SMILES string of the molecule is CCOC(c1nc(C(C)(C)C)cc(=O)[nH]1)C(C)C. The van der Waals surface area contributed by atoms with Crippen LogP contribution < -0.4 is 5.56 Å². The van der Waals surface area contributed by atoms with Crippen LogP contribution in [0.3, 0.4) is 0 Å². The van der Waals surface area contributed by atoms with E-state index in [2.05, 4.69) is 23.8 Å². The van der Waals surface area contributed by atoms with E-state index in [1.807, 2.05) is 27.7 Å². The van der Waals surface area contributed by atoms with Crippen LogP contribution in [0.25, 0.3) is 0 Å². The average Bonchev–Trinajstić information content (AvgIpc) is 2.23. The van der Waals surface area contributed by atoms with E-state index in [1.54, 1.807) is 6.07 Å². The van der Waals surface area contributed by atoms with E-state index in [4.69, 9.17) is 4.74 Å². The third kappa shape index (κ3) is 3.67. The molecule has 0 spiro atoms. The zero-order chi connectivity index (χ0) is 13.9. The summed E-state index contributed by atoms with van der Waals surface area (Å²) < 4.78 is 5.68. The topological polar surface area (TPSA) is 55.0 Å². The van der Waals surface area contributed by atoms with E-state index in [0.29, 0.717) is 12.4 Å². The molecule has 1 heterocycles. The number of hydrogen-bond donors (Lipinski definition) is 1. The third-order valence-corrected chi connectivity index (χ3v) is 2.75. The van der Waals surface area contributed by atoms with Gasteiger partial charge in [0.25, 0.3) is 5.56 Å². The lowest BCUT2D eigenvalue weighted by Gasteiger charge is -2.23. The second kappa shape index (κ2) is 5.65. The Kier molecular flexibility index (Phi) is 4.68. The lowest BCUT2D eigenvalue weighted by Crippen LogP contribution is -2.24. The van der Waals surface area contributed by atoms with Crippen molar-refractivity contribution in [1.29, 1.82) is 0 Å². The minimum absolute atomic E-state index is 0.115. The molecule has 0 saturated heterocycles. The van der Waals surface area contributed by atoms with Gasteiger partial charge in [0.1, 0.15) is 11.9 Å². The molecule has 0 aliphatic rings. The molecule has 0 bridgehead atoms. The molecule has 0 fully saturated rings. The van der Waals surface area contributed by atoms with Crippen molar-refractivity contribution in [2.45, 2.75) is 53.1 Å². The Hall–Kier alpha value is -1.16. The molecular weight excluding hydrogens is 228 g/mol. The maximum atomic E-state index is 11.7. The van der Waals surface area contributed by atoms with Gasteiger partial charge in [-0.3, -0.25) is 4.79 Å². The second-order valence-electron chi connectivity index (χ2n) is 5.89. The summed E-state index contributed by atoms with van der Waals surface area (Å²) in [4.78, 5) is 19.1. The van der Waals surface area contributed by atoms with Crippen LogP contribution >= 0.6 is 0 Å². The lowest BCUT2D eigenvalue weighted by atomic mass is 9.92. The van der Waals surface area contributed by atoms with Gasteiger partial charge in [-0.1, -0.05) is 34.6 Å². The highest BCUT2D eigenvalue weighted by Crippen LogP contribution is 2.24. The highest BCUT2D eigenvalue weighted by Gasteiger charge is 2.22. The number of aromatic amines is 1. The van der Waals surface area contributed by atoms with Crippen LogP contribution in [0, 0.1) is 5.92 Å². The standard InChI is InChI=1S/C14H24N2O2/c1-7-18-12(9(2)3)13-15-10(14(4,5)6)8-11(17)16-13/h8-9,12H,7H2,1-6H3,(H,15,16,17). The minimum Gasteiger partial charge on any atom is -0.370 e. The number of nitrogens with one attached hydrogen (secondary N) is 1. The van der Waals surface area contributed by atoms with E-state index in [0.717, 1.165) is 5.69 Å². The molecule has 1 rings (SSSR count). The largest absolute Gasteiger partial charge is 0.370 e. The van der Waals surface area contributed by atoms with Crippen LogP contribution in [0.4, 0.5) is 0 Å². The van der Waals surface area contributed by atoms with Gasteiger partial charge in [-0.25, -0.2) is 4.98 Å². The number of aromatic nitrogens is 2. The Bertz CT molecular complexity index is 444. The maximum absolute atomic E-state index is 11.7. The first-order chi connectivity index (χ1) is 8.25. The average molecular weight is 252 g/mol. The fourth-order valence-electron chi connectivity index (χ4n) is 1.76. The molecule has 1 aromatic rings. The molecule has 0 amide bonds. The maximum Gasteiger partial charge on any atom is 0.251 e. The molecule has 4 heteroatoms. The predicted octanol–water partition coefficient (Wildman–Crippen LogP) is 2.80. The summed E-state index contributed by atoms with van der Waals surface area (Å²) in [6.07, 6.45) is -0.162. The summed E-state index contributed by atoms with van der Waals surface area (Å²) in [5, 5.41) is 0. The molecule has 0 aliphatic carbocycles. The van der Waals surface area contributed by atoms with Crippen molar-refractivity contribution in [3.63, 3.8) is 0 Å². The number of nitrogens with zero attached hydrogens (tertiary/aromatic N) is 1. The lowest BCUT2D eigenvalue weighted by molar-refractivity contribution is 0.0227. The Labute approximate surface area is 109 Å². The van der Waals surface area contributed by atoms with Crippen molar-refractivity contribution < 1.29 is 4.74 Å². The van der Waals surface area contributed by atoms with E-state index < -0.39 is 0 Å². The van der Waals surface area contributed by atoms with Gasteiger partial charge in [0.2, 0.25) is 0 Å². The van der Waals surface area contributed by atoms with Crippen LogP contribution in [0.5, 0.6) is 0 Å². The van der Waals surface area contributed by atoms with Gasteiger partial charge in [0, 0.05) is 18.1 Å². The zero-order valence-electron chi connectivity index (χ0n) is 12.2. The minimum atomic E-state index is -0.162. The first-order valence-corrected chi connectivity index (χ1v) is 6.49. The summed E-state index contributed by atoms with van der Waals surface area (Å²) in [7, 11) is 0. The Morgan fingerprint density at radius 2 is 2.00 bits per heavy atom. The van der Waals surface area contributed by atoms with Crippen molar-refractivity contribution in [3.8, 4) is 0 Å². The molecular formula is C14H24N2O2. The number of ether oxygens (including phenoxy) is 1. The highest BCUT2D eigenvalue weighted by molar-refractivity contribution is 5.13. The van der Waals surface area contributed by atoms with Gasteiger partial charge in [0.05, 0.1) is 5.69 Å². The monoisotopic (exact) mass is 252 g/mol. The highest BCUT2D eigenvalue weighted by atomic mass is 16.5. The number of hydrogen-bond acceptors (Lipinski definition) is 3. The van der Waals surface area contributed by atoms with E-state index >= 15 is 0 Å². The summed E-state index contributed by atoms with van der Waals surface area (Å²) in [6.45, 7) is 12.8. The van der Waals surface area contributed by atoms with Gasteiger partial charge >= 0.3 is 0 Å². The Morgan fingerprint density at radius 3 is 2.44 bits per heavy atom. The molecule has 0 saturated carbocycles. The quantitative estimate of drug-likeness (QED) is 0.896. The Morgan fingerprint density at radius 1 is 1.39 bits per heavy atom. The number of rotatable bonds is 4. The molecule has 1 N–H and O–H groups in total. The molecule has 1 atom stereocenters. The summed E-state index contributed by atoms with van der Waals surface area (Å²) in [6, 6.07) is 1.56. The van der Waals surface area contributed by atoms with Crippen LogP contribution in [0.2, 0.25) is 0 Å². The molecule has 1 aromatic heterocycles. The molecule has 102 valence electrons. The van der Waals surface area contributed by atoms with Gasteiger partial charge < -0.3 is 9.72 Å². The summed E-state index contributed by atoms with van der Waals surface area (Å²) >= 11 is 0. The molecule has 0 radical (unpaired) electrons. The number of H-pyrrole nitrogens is 1. The fourth-order valence-corrected chi connectivity index (χ4v) is 1.76. The molecule has 18 heavy (non-hydrogen) atoms. The third-order valence-electron chi connectivity index (χ3n) is 2.75. The van der Waals surface area contributed by atoms with Gasteiger partial charge in [-0.15, -0.1) is 0 Å². The summed E-state index contributed by atoms with van der Waals surface area (Å²) in [5.41, 5.74) is 0.540. The van der Waals surface area contributed by atoms with Crippen molar-refractivity contribution in [3.05, 3.63) is 27.9 Å². The van der Waals surface area contributed by atoms with Crippen LogP contribution in [-0.2, 0) is 10.2 Å². The van der Waals surface area contributed by atoms with Crippen LogP contribution in [0.15, 0.2) is 10.9 Å². The van der Waals surface area contributed by atoms with Gasteiger partial charge in [-0.05, 0) is 12.8 Å². The smallest absolute Gasteiger partial charge is 0.251 e. The van der Waals surface area contributed by atoms with Crippen LogP contribution in [0.1, 0.15) is 59.2 Å². The first-order valence-electron chi connectivity index (χ1n) is 6.49. The summed E-state index contributed by atoms with van der Waals surface area (Å²) in [5.74, 6) is 0.896. The predicted molar refractivity (Wildman–Crippen MR) is 72.8 cm³/mol. The fraction of sp³-hybridized carbons (Fsp3) is 0.714. The van der Waals surface area contributed by atoms with Crippen molar-refractivity contribution in [1.82, 2.24) is 9.97 Å².